The molecular formula is C18H14Cl2N4OS2. The molecule has 0 aliphatic carbocycles. The minimum Gasteiger partial charge on any atom is -0.332 e. The molecule has 0 atom stereocenters. The SMILES string of the molecule is Cc1nc(C(=O)Nc2ccc(NC(=S)Nc3ccc(Cl)c(Cl)c3)cc2)cs1. The van der Waals surface area contributed by atoms with E-state index in [4.69, 9.17) is 35.4 Å². The maximum atomic E-state index is 12.1. The lowest BCUT2D eigenvalue weighted by Crippen LogP contribution is -2.19. The number of rotatable bonds is 4. The largest absolute Gasteiger partial charge is 0.332 e. The lowest BCUT2D eigenvalue weighted by Gasteiger charge is -2.12. The van der Waals surface area contributed by atoms with Crippen LogP contribution in [0, 0.1) is 6.92 Å². The molecule has 1 aromatic heterocycles. The summed E-state index contributed by atoms with van der Waals surface area (Å²) >= 11 is 18.6. The quantitative estimate of drug-likeness (QED) is 0.449. The summed E-state index contributed by atoms with van der Waals surface area (Å²) in [5, 5.41) is 12.8. The number of nitrogens with one attached hydrogen (secondary N) is 3. The molecule has 3 N–H and O–H groups in total. The number of carbonyl (C=O) groups is 1. The third-order valence-corrected chi connectivity index (χ3v) is 5.15. The van der Waals surface area contributed by atoms with E-state index >= 15 is 0 Å². The number of benzene rings is 2. The van der Waals surface area contributed by atoms with E-state index < -0.39 is 0 Å². The van der Waals surface area contributed by atoms with Crippen molar-refractivity contribution in [3.05, 3.63) is 68.6 Å². The van der Waals surface area contributed by atoms with Gasteiger partial charge in [-0.15, -0.1) is 11.3 Å². The van der Waals surface area contributed by atoms with Crippen LogP contribution >= 0.6 is 46.8 Å². The highest BCUT2D eigenvalue weighted by Gasteiger charge is 2.09. The van der Waals surface area contributed by atoms with Crippen molar-refractivity contribution in [1.82, 2.24) is 4.98 Å². The maximum absolute atomic E-state index is 12.1. The van der Waals surface area contributed by atoms with Crippen LogP contribution in [0.25, 0.3) is 0 Å². The van der Waals surface area contributed by atoms with Crippen molar-refractivity contribution in [2.45, 2.75) is 6.92 Å². The van der Waals surface area contributed by atoms with Gasteiger partial charge in [0.05, 0.1) is 15.1 Å². The summed E-state index contributed by atoms with van der Waals surface area (Å²) in [6, 6.07) is 12.3. The van der Waals surface area contributed by atoms with Crippen LogP contribution in [0.1, 0.15) is 15.5 Å². The van der Waals surface area contributed by atoms with Crippen molar-refractivity contribution in [2.75, 3.05) is 16.0 Å². The average Bonchev–Trinajstić information content (AvgIpc) is 3.06. The number of thiazole rings is 1. The van der Waals surface area contributed by atoms with Gasteiger partial charge >= 0.3 is 0 Å². The number of nitrogens with zero attached hydrogens (tertiary/aromatic N) is 1. The Morgan fingerprint density at radius 3 is 2.15 bits per heavy atom. The molecule has 0 spiro atoms. The minimum absolute atomic E-state index is 0.239. The van der Waals surface area contributed by atoms with E-state index in [1.807, 2.05) is 19.1 Å². The highest BCUT2D eigenvalue weighted by atomic mass is 35.5. The first-order valence-corrected chi connectivity index (χ1v) is 9.82. The average molecular weight is 437 g/mol. The van der Waals surface area contributed by atoms with Crippen LogP contribution in [0.3, 0.4) is 0 Å². The number of hydrogen-bond acceptors (Lipinski definition) is 4. The molecule has 3 rings (SSSR count). The van der Waals surface area contributed by atoms with Gasteiger partial charge in [0.2, 0.25) is 0 Å². The van der Waals surface area contributed by atoms with E-state index in [0.717, 1.165) is 16.4 Å². The Kier molecular flexibility index (Phi) is 6.28. The number of amides is 1. The standard InChI is InChI=1S/C18H14Cl2N4OS2/c1-10-21-16(9-27-10)17(25)22-11-2-4-12(5-3-11)23-18(26)24-13-6-7-14(19)15(20)8-13/h2-9H,1H3,(H,22,25)(H2,23,24,26). The van der Waals surface area contributed by atoms with E-state index in [1.165, 1.54) is 11.3 Å². The first-order chi connectivity index (χ1) is 12.9. The zero-order valence-electron chi connectivity index (χ0n) is 14.0. The van der Waals surface area contributed by atoms with Crippen LogP contribution in [0.15, 0.2) is 47.8 Å². The molecule has 0 radical (unpaired) electrons. The van der Waals surface area contributed by atoms with Gasteiger partial charge in [-0.25, -0.2) is 4.98 Å². The molecule has 138 valence electrons. The molecule has 0 aliphatic rings. The lowest BCUT2D eigenvalue weighted by molar-refractivity contribution is 0.102. The number of hydrogen-bond donors (Lipinski definition) is 3. The second-order valence-electron chi connectivity index (χ2n) is 5.49. The van der Waals surface area contributed by atoms with Crippen LogP contribution in [-0.4, -0.2) is 16.0 Å². The number of carbonyl (C=O) groups excluding carboxylic acids is 1. The number of aryl methyl sites for hydroxylation is 1. The van der Waals surface area contributed by atoms with E-state index in [9.17, 15) is 4.79 Å². The molecule has 9 heteroatoms. The van der Waals surface area contributed by atoms with Crippen LogP contribution in [0.5, 0.6) is 0 Å². The molecule has 1 heterocycles. The summed E-state index contributed by atoms with van der Waals surface area (Å²) in [5.41, 5.74) is 2.57. The van der Waals surface area contributed by atoms with Crippen molar-refractivity contribution < 1.29 is 4.79 Å². The van der Waals surface area contributed by atoms with Gasteiger partial charge in [-0.1, -0.05) is 23.2 Å². The molecule has 27 heavy (non-hydrogen) atoms. The summed E-state index contributed by atoms with van der Waals surface area (Å²) in [5.74, 6) is -0.239. The molecule has 3 aromatic rings. The van der Waals surface area contributed by atoms with E-state index in [0.29, 0.717) is 26.5 Å². The molecule has 0 bridgehead atoms. The smallest absolute Gasteiger partial charge is 0.275 e. The van der Waals surface area contributed by atoms with Gasteiger partial charge < -0.3 is 16.0 Å². The third-order valence-electron chi connectivity index (χ3n) is 3.43. The Morgan fingerprint density at radius 2 is 1.56 bits per heavy atom. The van der Waals surface area contributed by atoms with Crippen LogP contribution in [0.4, 0.5) is 17.1 Å². The first kappa shape index (κ1) is 19.6. The minimum atomic E-state index is -0.239. The van der Waals surface area contributed by atoms with Gasteiger partial charge in [-0.3, -0.25) is 4.79 Å². The third kappa shape index (κ3) is 5.40. The van der Waals surface area contributed by atoms with Gasteiger partial charge in [0.25, 0.3) is 5.91 Å². The van der Waals surface area contributed by atoms with Crippen molar-refractivity contribution in [2.24, 2.45) is 0 Å². The number of aromatic nitrogens is 1. The number of anilines is 3. The maximum Gasteiger partial charge on any atom is 0.275 e. The number of halogens is 2. The fourth-order valence-electron chi connectivity index (χ4n) is 2.17. The highest BCUT2D eigenvalue weighted by Crippen LogP contribution is 2.25. The summed E-state index contributed by atoms with van der Waals surface area (Å²) in [4.78, 5) is 16.3. The molecule has 0 saturated carbocycles. The van der Waals surface area contributed by atoms with E-state index in [1.54, 1.807) is 35.7 Å². The van der Waals surface area contributed by atoms with Crippen molar-refractivity contribution in [1.29, 1.82) is 0 Å². The fourth-order valence-corrected chi connectivity index (χ4v) is 3.29. The lowest BCUT2D eigenvalue weighted by atomic mass is 10.2. The van der Waals surface area contributed by atoms with Crippen molar-refractivity contribution >= 4 is 74.8 Å². The summed E-state index contributed by atoms with van der Waals surface area (Å²) < 4.78 is 0. The van der Waals surface area contributed by atoms with E-state index in [2.05, 4.69) is 20.9 Å². The molecule has 0 aliphatic heterocycles. The highest BCUT2D eigenvalue weighted by molar-refractivity contribution is 7.80. The van der Waals surface area contributed by atoms with Crippen molar-refractivity contribution in [3.63, 3.8) is 0 Å². The van der Waals surface area contributed by atoms with Gasteiger partial charge in [0.1, 0.15) is 5.69 Å². The molecule has 0 saturated heterocycles. The van der Waals surface area contributed by atoms with Gasteiger partial charge in [-0.05, 0) is 61.6 Å². The normalized spacial score (nSPS) is 10.3. The molecule has 0 fully saturated rings. The van der Waals surface area contributed by atoms with Crippen molar-refractivity contribution in [3.8, 4) is 0 Å². The van der Waals surface area contributed by atoms with Crippen LogP contribution in [-0.2, 0) is 0 Å². The van der Waals surface area contributed by atoms with Gasteiger partial charge in [0.15, 0.2) is 5.11 Å². The summed E-state index contributed by atoms with van der Waals surface area (Å²) in [7, 11) is 0. The Hall–Kier alpha value is -2.19. The van der Waals surface area contributed by atoms with Crippen LogP contribution < -0.4 is 16.0 Å². The molecule has 0 unspecified atom stereocenters. The monoisotopic (exact) mass is 436 g/mol. The van der Waals surface area contributed by atoms with E-state index in [-0.39, 0.29) is 5.91 Å². The Balaban J connectivity index is 1.57. The Morgan fingerprint density at radius 1 is 0.963 bits per heavy atom. The van der Waals surface area contributed by atoms with Crippen LogP contribution in [0.2, 0.25) is 10.0 Å². The van der Waals surface area contributed by atoms with Gasteiger partial charge in [0, 0.05) is 22.4 Å². The zero-order chi connectivity index (χ0) is 19.4. The predicted octanol–water partition coefficient (Wildman–Crippen LogP) is 5.82. The summed E-state index contributed by atoms with van der Waals surface area (Å²) in [6.07, 6.45) is 0. The second-order valence-corrected chi connectivity index (χ2v) is 7.78. The predicted molar refractivity (Wildman–Crippen MR) is 118 cm³/mol. The second kappa shape index (κ2) is 8.67. The fraction of sp³-hybridized carbons (Fsp3) is 0.0556. The first-order valence-electron chi connectivity index (χ1n) is 7.77. The van der Waals surface area contributed by atoms with Gasteiger partial charge in [-0.2, -0.15) is 0 Å². The molecule has 2 aromatic carbocycles. The molecular weight excluding hydrogens is 423 g/mol. The zero-order valence-corrected chi connectivity index (χ0v) is 17.2. The molecule has 5 nitrogen and oxygen atoms in total. The number of thiocarbonyl (C=S) groups is 1. The molecule has 1 amide bonds. The Labute approximate surface area is 175 Å². The topological polar surface area (TPSA) is 66.0 Å². The summed E-state index contributed by atoms with van der Waals surface area (Å²) in [6.45, 7) is 1.86. The Bertz CT molecular complexity index is 989.